The molecule has 3 aliphatic carbocycles. The Morgan fingerprint density at radius 2 is 1.88 bits per heavy atom. The Bertz CT molecular complexity index is 989. The maximum atomic E-state index is 11.7. The van der Waals surface area contributed by atoms with Gasteiger partial charge in [-0.15, -0.1) is 0 Å². The van der Waals surface area contributed by atoms with E-state index in [0.29, 0.717) is 12.5 Å². The van der Waals surface area contributed by atoms with Crippen molar-refractivity contribution in [2.45, 2.75) is 70.4 Å². The summed E-state index contributed by atoms with van der Waals surface area (Å²) in [5.74, 6) is 1.02. The highest BCUT2D eigenvalue weighted by Gasteiger charge is 2.64. The molecule has 2 fully saturated rings. The number of aliphatic hydroxyl groups excluding tert-OH is 2. The van der Waals surface area contributed by atoms with Crippen LogP contribution in [0.1, 0.15) is 55.7 Å². The first kappa shape index (κ1) is 21.5. The number of benzene rings is 2. The molecule has 0 aromatic heterocycles. The number of hydrogen-bond donors (Lipinski definition) is 2. The molecule has 2 aromatic rings. The van der Waals surface area contributed by atoms with Crippen molar-refractivity contribution in [2.24, 2.45) is 17.3 Å². The molecule has 0 unspecified atom stereocenters. The predicted molar refractivity (Wildman–Crippen MR) is 120 cm³/mol. The summed E-state index contributed by atoms with van der Waals surface area (Å²) in [6.45, 7) is 4.00. The molecule has 170 valence electrons. The summed E-state index contributed by atoms with van der Waals surface area (Å²) in [6.07, 6.45) is 1.12. The largest absolute Gasteiger partial charge is 0.489 e. The Morgan fingerprint density at radius 3 is 2.62 bits per heavy atom. The lowest BCUT2D eigenvalue weighted by molar-refractivity contribution is -0.161. The second-order valence-electron chi connectivity index (χ2n) is 10.0. The highest BCUT2D eigenvalue weighted by Crippen LogP contribution is 2.61. The van der Waals surface area contributed by atoms with Crippen LogP contribution in [0.5, 0.6) is 5.75 Å². The molecule has 0 saturated heterocycles. The quantitative estimate of drug-likeness (QED) is 0.709. The Labute approximate surface area is 189 Å². The number of carbonyl (C=O) groups is 1. The smallest absolute Gasteiger partial charge is 0.303 e. The molecule has 2 N–H and O–H groups in total. The van der Waals surface area contributed by atoms with Crippen molar-refractivity contribution in [1.82, 2.24) is 0 Å². The number of ether oxygens (including phenoxy) is 2. The summed E-state index contributed by atoms with van der Waals surface area (Å²) in [7, 11) is 0. The van der Waals surface area contributed by atoms with Gasteiger partial charge >= 0.3 is 5.97 Å². The fourth-order valence-corrected chi connectivity index (χ4v) is 6.81. The molecule has 3 aliphatic rings. The minimum Gasteiger partial charge on any atom is -0.489 e. The van der Waals surface area contributed by atoms with Gasteiger partial charge in [-0.1, -0.05) is 43.3 Å². The van der Waals surface area contributed by atoms with Crippen LogP contribution in [0.15, 0.2) is 48.5 Å². The van der Waals surface area contributed by atoms with Crippen molar-refractivity contribution in [2.75, 3.05) is 0 Å². The van der Waals surface area contributed by atoms with Crippen molar-refractivity contribution < 1.29 is 24.5 Å². The van der Waals surface area contributed by atoms with Crippen molar-refractivity contribution in [1.29, 1.82) is 0 Å². The van der Waals surface area contributed by atoms with E-state index in [9.17, 15) is 15.0 Å². The Balaban J connectivity index is 1.36. The number of aryl methyl sites for hydroxylation is 1. The maximum absolute atomic E-state index is 11.7. The molecule has 0 amide bonds. The van der Waals surface area contributed by atoms with Gasteiger partial charge in [0, 0.05) is 12.3 Å². The molecular formula is C27H32O5. The summed E-state index contributed by atoms with van der Waals surface area (Å²) in [5, 5.41) is 21.7. The molecule has 5 nitrogen and oxygen atoms in total. The lowest BCUT2D eigenvalue weighted by Crippen LogP contribution is -2.47. The van der Waals surface area contributed by atoms with Gasteiger partial charge < -0.3 is 19.7 Å². The van der Waals surface area contributed by atoms with E-state index in [1.165, 1.54) is 18.1 Å². The first-order valence-corrected chi connectivity index (χ1v) is 11.7. The van der Waals surface area contributed by atoms with Crippen LogP contribution in [0, 0.1) is 17.3 Å². The molecule has 7 atom stereocenters. The van der Waals surface area contributed by atoms with Crippen molar-refractivity contribution in [3.8, 4) is 5.75 Å². The Hall–Kier alpha value is -2.37. The van der Waals surface area contributed by atoms with Gasteiger partial charge in [0.15, 0.2) is 0 Å². The van der Waals surface area contributed by atoms with Gasteiger partial charge in [-0.05, 0) is 72.3 Å². The van der Waals surface area contributed by atoms with Crippen LogP contribution in [-0.2, 0) is 22.6 Å². The molecule has 0 aliphatic heterocycles. The number of esters is 1. The number of carbonyl (C=O) groups excluding carboxylic acids is 1. The number of fused-ring (bicyclic) bond motifs is 5. The van der Waals surface area contributed by atoms with E-state index in [2.05, 4.69) is 37.3 Å². The zero-order chi connectivity index (χ0) is 22.5. The zero-order valence-corrected chi connectivity index (χ0v) is 18.7. The third kappa shape index (κ3) is 3.52. The number of hydrogen-bond acceptors (Lipinski definition) is 5. The van der Waals surface area contributed by atoms with Crippen LogP contribution in [0.4, 0.5) is 0 Å². The standard InChI is InChI=1S/C27H32O5/c1-16(28)32-26-25(30)24(29)23-22-10-8-18-14-19(31-15-17-6-4-3-5-7-17)9-11-20(18)21(22)12-13-27(23,26)2/h3-7,9,11,14,21-26,29-30H,8,10,12-13,15H2,1-2H3/t21-,22+,23-,24-,25-,26-,27-/m0/s1. The zero-order valence-electron chi connectivity index (χ0n) is 18.7. The Morgan fingerprint density at radius 1 is 1.09 bits per heavy atom. The van der Waals surface area contributed by atoms with Gasteiger partial charge in [-0.2, -0.15) is 0 Å². The second kappa shape index (κ2) is 8.20. The normalized spacial score (nSPS) is 35.4. The van der Waals surface area contributed by atoms with Crippen LogP contribution < -0.4 is 4.74 Å². The molecule has 5 rings (SSSR count). The van der Waals surface area contributed by atoms with E-state index in [1.54, 1.807) is 0 Å². The van der Waals surface area contributed by atoms with E-state index in [4.69, 9.17) is 9.47 Å². The maximum Gasteiger partial charge on any atom is 0.303 e. The monoisotopic (exact) mass is 436 g/mol. The van der Waals surface area contributed by atoms with E-state index < -0.39 is 29.7 Å². The molecule has 0 heterocycles. The molecule has 2 aromatic carbocycles. The lowest BCUT2D eigenvalue weighted by Gasteiger charge is -2.50. The summed E-state index contributed by atoms with van der Waals surface area (Å²) in [4.78, 5) is 11.7. The molecular weight excluding hydrogens is 404 g/mol. The van der Waals surface area contributed by atoms with E-state index in [-0.39, 0.29) is 11.8 Å². The highest BCUT2D eigenvalue weighted by atomic mass is 16.6. The minimum atomic E-state index is -1.03. The van der Waals surface area contributed by atoms with Crippen LogP contribution in [0.3, 0.4) is 0 Å². The van der Waals surface area contributed by atoms with Crippen LogP contribution in [0.2, 0.25) is 0 Å². The van der Waals surface area contributed by atoms with Gasteiger partial charge in [0.25, 0.3) is 0 Å². The average Bonchev–Trinajstić information content (AvgIpc) is 2.98. The molecule has 32 heavy (non-hydrogen) atoms. The third-order valence-corrected chi connectivity index (χ3v) is 8.21. The topological polar surface area (TPSA) is 76.0 Å². The minimum absolute atomic E-state index is 0.0808. The molecule has 5 heteroatoms. The molecule has 2 saturated carbocycles. The van der Waals surface area contributed by atoms with Gasteiger partial charge in [-0.25, -0.2) is 0 Å². The fourth-order valence-electron chi connectivity index (χ4n) is 6.81. The summed E-state index contributed by atoms with van der Waals surface area (Å²) >= 11 is 0. The average molecular weight is 437 g/mol. The van der Waals surface area contributed by atoms with E-state index in [0.717, 1.165) is 37.0 Å². The molecule has 0 radical (unpaired) electrons. The lowest BCUT2D eigenvalue weighted by atomic mass is 9.55. The first-order valence-electron chi connectivity index (χ1n) is 11.7. The van der Waals surface area contributed by atoms with Crippen LogP contribution in [-0.4, -0.2) is 34.5 Å². The van der Waals surface area contributed by atoms with E-state index >= 15 is 0 Å². The fraction of sp³-hybridized carbons (Fsp3) is 0.519. The Kier molecular flexibility index (Phi) is 5.50. The highest BCUT2D eigenvalue weighted by molar-refractivity contribution is 5.66. The van der Waals surface area contributed by atoms with Crippen LogP contribution in [0.25, 0.3) is 0 Å². The van der Waals surface area contributed by atoms with Gasteiger partial charge in [0.1, 0.15) is 24.6 Å². The summed E-state index contributed by atoms with van der Waals surface area (Å²) < 4.78 is 11.6. The van der Waals surface area contributed by atoms with Crippen molar-refractivity contribution >= 4 is 5.97 Å². The van der Waals surface area contributed by atoms with Crippen molar-refractivity contribution in [3.05, 3.63) is 65.2 Å². The summed E-state index contributed by atoms with van der Waals surface area (Å²) in [6, 6.07) is 16.6. The third-order valence-electron chi connectivity index (χ3n) is 8.21. The predicted octanol–water partition coefficient (Wildman–Crippen LogP) is 4.00. The second-order valence-corrected chi connectivity index (χ2v) is 10.0. The van der Waals surface area contributed by atoms with Gasteiger partial charge in [-0.3, -0.25) is 4.79 Å². The molecule has 0 bridgehead atoms. The molecule has 0 spiro atoms. The first-order chi connectivity index (χ1) is 15.4. The van der Waals surface area contributed by atoms with Gasteiger partial charge in [0.2, 0.25) is 0 Å². The van der Waals surface area contributed by atoms with Crippen LogP contribution >= 0.6 is 0 Å². The SMILES string of the molecule is CC(=O)O[C@H]1[C@@H](O)[C@@H](O)[C@@H]2[C@@H]3CCc4cc(OCc5ccccc5)ccc4[C@@H]3CC[C@@]21C. The summed E-state index contributed by atoms with van der Waals surface area (Å²) in [5.41, 5.74) is 3.41. The number of rotatable bonds is 4. The van der Waals surface area contributed by atoms with Crippen molar-refractivity contribution in [3.63, 3.8) is 0 Å². The van der Waals surface area contributed by atoms with E-state index in [1.807, 2.05) is 18.2 Å². The number of aliphatic hydroxyl groups is 2. The van der Waals surface area contributed by atoms with Gasteiger partial charge in [0.05, 0.1) is 6.10 Å².